The van der Waals surface area contributed by atoms with Crippen LogP contribution in [0.5, 0.6) is 0 Å². The second-order valence-electron chi connectivity index (χ2n) is 7.34. The van der Waals surface area contributed by atoms with E-state index in [2.05, 4.69) is 10.4 Å². The molecule has 162 valence electrons. The quantitative estimate of drug-likeness (QED) is 0.702. The van der Waals surface area contributed by atoms with E-state index >= 15 is 0 Å². The van der Waals surface area contributed by atoms with Gasteiger partial charge in [0.1, 0.15) is 10.6 Å². The van der Waals surface area contributed by atoms with Crippen LogP contribution in [0.15, 0.2) is 0 Å². The third-order valence-electron chi connectivity index (χ3n) is 5.25. The van der Waals surface area contributed by atoms with Gasteiger partial charge < -0.3 is 14.8 Å². The van der Waals surface area contributed by atoms with E-state index in [0.717, 1.165) is 36.1 Å². The second kappa shape index (κ2) is 8.99. The Kier molecular flexibility index (Phi) is 6.60. The highest BCUT2D eigenvalue weighted by Gasteiger charge is 2.29. The van der Waals surface area contributed by atoms with Crippen molar-refractivity contribution < 1.29 is 23.9 Å². The van der Waals surface area contributed by atoms with Crippen LogP contribution in [0, 0.1) is 13.8 Å². The van der Waals surface area contributed by atoms with E-state index in [4.69, 9.17) is 9.47 Å². The van der Waals surface area contributed by atoms with E-state index in [0.29, 0.717) is 27.5 Å². The predicted molar refractivity (Wildman–Crippen MR) is 113 cm³/mol. The first kappa shape index (κ1) is 22.0. The second-order valence-corrected chi connectivity index (χ2v) is 8.45. The topological polar surface area (TPSA) is 99.5 Å². The number of anilines is 1. The van der Waals surface area contributed by atoms with Gasteiger partial charge in [0.25, 0.3) is 5.91 Å². The minimum atomic E-state index is -1.04. The number of carbonyl (C=O) groups is 3. The fourth-order valence-electron chi connectivity index (χ4n) is 3.63. The maximum atomic E-state index is 12.7. The standard InChI is InChI=1S/C21H27N3O5S/c1-6-28-20(26)17-14-9-7-8-10-15(14)30-19(17)22-18(25)13(4)29-21(27)16-11(2)23-24(5)12(16)3/h13H,6-10H2,1-5H3,(H,22,25). The molecule has 0 aromatic carbocycles. The van der Waals surface area contributed by atoms with Crippen LogP contribution in [0.1, 0.15) is 69.2 Å². The number of nitrogens with one attached hydrogen (secondary N) is 1. The third-order valence-corrected chi connectivity index (χ3v) is 6.46. The molecule has 0 radical (unpaired) electrons. The number of fused-ring (bicyclic) bond motifs is 1. The van der Waals surface area contributed by atoms with Gasteiger partial charge in [-0.1, -0.05) is 0 Å². The molecule has 0 saturated heterocycles. The van der Waals surface area contributed by atoms with Gasteiger partial charge in [-0.05, 0) is 58.9 Å². The van der Waals surface area contributed by atoms with Crippen molar-refractivity contribution in [1.29, 1.82) is 0 Å². The summed E-state index contributed by atoms with van der Waals surface area (Å²) < 4.78 is 12.2. The molecule has 2 aromatic rings. The molecule has 2 aromatic heterocycles. The molecule has 0 fully saturated rings. The highest BCUT2D eigenvalue weighted by atomic mass is 32.1. The normalized spacial score (nSPS) is 14.0. The average molecular weight is 434 g/mol. The number of rotatable bonds is 6. The number of ether oxygens (including phenoxy) is 2. The molecule has 1 N–H and O–H groups in total. The smallest absolute Gasteiger partial charge is 0.342 e. The van der Waals surface area contributed by atoms with Gasteiger partial charge in [-0.15, -0.1) is 11.3 Å². The van der Waals surface area contributed by atoms with Gasteiger partial charge in [0, 0.05) is 17.6 Å². The molecule has 1 unspecified atom stereocenters. The van der Waals surface area contributed by atoms with E-state index in [1.54, 1.807) is 32.5 Å². The number of amides is 1. The lowest BCUT2D eigenvalue weighted by atomic mass is 9.95. The molecule has 0 saturated carbocycles. The Morgan fingerprint density at radius 1 is 1.17 bits per heavy atom. The number of thiophene rings is 1. The Hall–Kier alpha value is -2.68. The van der Waals surface area contributed by atoms with Gasteiger partial charge in [-0.25, -0.2) is 9.59 Å². The summed E-state index contributed by atoms with van der Waals surface area (Å²) in [5.74, 6) is -1.53. The van der Waals surface area contributed by atoms with Crippen LogP contribution in [0.4, 0.5) is 5.00 Å². The molecule has 0 bridgehead atoms. The largest absolute Gasteiger partial charge is 0.462 e. The Balaban J connectivity index is 1.77. The average Bonchev–Trinajstić information content (AvgIpc) is 3.17. The Labute approximate surface area is 179 Å². The molecule has 9 heteroatoms. The van der Waals surface area contributed by atoms with Gasteiger partial charge in [-0.2, -0.15) is 5.10 Å². The summed E-state index contributed by atoms with van der Waals surface area (Å²) in [5.41, 5.74) is 2.97. The zero-order valence-electron chi connectivity index (χ0n) is 18.0. The van der Waals surface area contributed by atoms with Crippen molar-refractivity contribution in [3.63, 3.8) is 0 Å². The lowest BCUT2D eigenvalue weighted by Crippen LogP contribution is -2.30. The molecular formula is C21H27N3O5S. The monoisotopic (exact) mass is 433 g/mol. The predicted octanol–water partition coefficient (Wildman–Crippen LogP) is 3.34. The van der Waals surface area contributed by atoms with Crippen molar-refractivity contribution in [3.8, 4) is 0 Å². The number of nitrogens with zero attached hydrogens (tertiary/aromatic N) is 2. The molecule has 2 heterocycles. The van der Waals surface area contributed by atoms with Crippen LogP contribution < -0.4 is 5.32 Å². The lowest BCUT2D eigenvalue weighted by Gasteiger charge is -2.14. The number of esters is 2. The minimum absolute atomic E-state index is 0.259. The summed E-state index contributed by atoms with van der Waals surface area (Å²) in [5, 5.41) is 7.44. The van der Waals surface area contributed by atoms with Gasteiger partial charge in [0.05, 0.1) is 17.9 Å². The number of aryl methyl sites for hydroxylation is 3. The molecule has 1 atom stereocenters. The zero-order valence-corrected chi connectivity index (χ0v) is 18.8. The molecule has 30 heavy (non-hydrogen) atoms. The Morgan fingerprint density at radius 2 is 1.87 bits per heavy atom. The molecule has 3 rings (SSSR count). The van der Waals surface area contributed by atoms with Crippen molar-refractivity contribution >= 4 is 34.2 Å². The van der Waals surface area contributed by atoms with Crippen molar-refractivity contribution in [3.05, 3.63) is 33.0 Å². The fourth-order valence-corrected chi connectivity index (χ4v) is 4.91. The first-order valence-corrected chi connectivity index (χ1v) is 10.9. The summed E-state index contributed by atoms with van der Waals surface area (Å²) in [6.07, 6.45) is 2.69. The number of hydrogen-bond donors (Lipinski definition) is 1. The lowest BCUT2D eigenvalue weighted by molar-refractivity contribution is -0.123. The molecule has 1 aliphatic carbocycles. The molecule has 0 aliphatic heterocycles. The summed E-state index contributed by atoms with van der Waals surface area (Å²) in [6, 6.07) is 0. The van der Waals surface area contributed by atoms with E-state index in [9.17, 15) is 14.4 Å². The summed E-state index contributed by atoms with van der Waals surface area (Å²) >= 11 is 1.40. The Bertz CT molecular complexity index is 991. The van der Waals surface area contributed by atoms with Gasteiger partial charge in [-0.3, -0.25) is 9.48 Å². The number of hydrogen-bond acceptors (Lipinski definition) is 7. The van der Waals surface area contributed by atoms with E-state index < -0.39 is 23.9 Å². The van der Waals surface area contributed by atoms with Crippen molar-refractivity contribution in [1.82, 2.24) is 9.78 Å². The van der Waals surface area contributed by atoms with Crippen LogP contribution in [0.2, 0.25) is 0 Å². The highest BCUT2D eigenvalue weighted by Crippen LogP contribution is 2.38. The van der Waals surface area contributed by atoms with Crippen molar-refractivity contribution in [2.75, 3.05) is 11.9 Å². The van der Waals surface area contributed by atoms with Crippen LogP contribution in [0.3, 0.4) is 0 Å². The van der Waals surface area contributed by atoms with E-state index in [1.165, 1.54) is 18.3 Å². The van der Waals surface area contributed by atoms with Crippen LogP contribution in [0.25, 0.3) is 0 Å². The molecule has 1 amide bonds. The van der Waals surface area contributed by atoms with Gasteiger partial charge in [0.15, 0.2) is 6.10 Å². The van der Waals surface area contributed by atoms with E-state index in [-0.39, 0.29) is 6.61 Å². The minimum Gasteiger partial charge on any atom is -0.462 e. The number of aromatic nitrogens is 2. The maximum Gasteiger partial charge on any atom is 0.342 e. The van der Waals surface area contributed by atoms with Crippen LogP contribution in [-0.2, 0) is 34.2 Å². The molecule has 1 aliphatic rings. The zero-order chi connectivity index (χ0) is 22.0. The summed E-state index contributed by atoms with van der Waals surface area (Å²) in [6.45, 7) is 7.00. The summed E-state index contributed by atoms with van der Waals surface area (Å²) in [7, 11) is 1.74. The first-order valence-electron chi connectivity index (χ1n) is 10.1. The van der Waals surface area contributed by atoms with Gasteiger partial charge >= 0.3 is 11.9 Å². The van der Waals surface area contributed by atoms with E-state index in [1.807, 2.05) is 0 Å². The maximum absolute atomic E-state index is 12.7. The fraction of sp³-hybridized carbons (Fsp3) is 0.524. The van der Waals surface area contributed by atoms with Crippen LogP contribution >= 0.6 is 11.3 Å². The number of carbonyl (C=O) groups excluding carboxylic acids is 3. The SMILES string of the molecule is CCOC(=O)c1c(NC(=O)C(C)OC(=O)c2c(C)nn(C)c2C)sc2c1CCCC2. The first-order chi connectivity index (χ1) is 14.2. The summed E-state index contributed by atoms with van der Waals surface area (Å²) in [4.78, 5) is 38.9. The van der Waals surface area contributed by atoms with Crippen molar-refractivity contribution in [2.24, 2.45) is 7.05 Å². The molecular weight excluding hydrogens is 406 g/mol. The molecule has 0 spiro atoms. The van der Waals surface area contributed by atoms with Gasteiger partial charge in [0.2, 0.25) is 0 Å². The van der Waals surface area contributed by atoms with Crippen LogP contribution in [-0.4, -0.2) is 40.3 Å². The highest BCUT2D eigenvalue weighted by molar-refractivity contribution is 7.17. The Morgan fingerprint density at radius 3 is 2.50 bits per heavy atom. The molecule has 8 nitrogen and oxygen atoms in total. The van der Waals surface area contributed by atoms with Crippen molar-refractivity contribution in [2.45, 2.75) is 59.5 Å². The third kappa shape index (κ3) is 4.26.